The van der Waals surface area contributed by atoms with Crippen molar-refractivity contribution in [3.05, 3.63) is 128 Å². The molecule has 2 amide bonds. The number of amides is 2. The number of methoxy groups -OCH3 is 1. The van der Waals surface area contributed by atoms with E-state index in [0.717, 1.165) is 48.0 Å². The van der Waals surface area contributed by atoms with Crippen LogP contribution in [-0.4, -0.2) is 55.8 Å². The van der Waals surface area contributed by atoms with Gasteiger partial charge in [-0.25, -0.2) is 8.42 Å². The monoisotopic (exact) mass is 766 g/mol. The van der Waals surface area contributed by atoms with Gasteiger partial charge in [-0.3, -0.25) is 24.0 Å². The lowest BCUT2D eigenvalue weighted by Crippen LogP contribution is -2.55. The molecule has 5 rings (SSSR count). The lowest BCUT2D eigenvalue weighted by Gasteiger charge is -2.35. The average molecular weight is 768 g/mol. The Labute approximate surface area is 313 Å². The number of halogens is 2. The van der Waals surface area contributed by atoms with E-state index in [1.165, 1.54) is 49.3 Å². The predicted octanol–water partition coefficient (Wildman–Crippen LogP) is 7.50. The molecule has 0 aliphatic heterocycles. The molecule has 1 saturated carbocycles. The normalized spacial score (nSPS) is 13.9. The first kappa shape index (κ1) is 38.6. The van der Waals surface area contributed by atoms with Crippen LogP contribution in [0, 0.1) is 17.0 Å². The number of nitrogens with one attached hydrogen (secondary N) is 1. The quantitative estimate of drug-likeness (QED) is 0.104. The highest BCUT2D eigenvalue weighted by Crippen LogP contribution is 2.36. The molecular weight excluding hydrogens is 727 g/mol. The van der Waals surface area contributed by atoms with Crippen LogP contribution in [0.1, 0.15) is 48.8 Å². The van der Waals surface area contributed by atoms with Gasteiger partial charge in [-0.05, 0) is 67.3 Å². The number of aryl methyl sites for hydroxylation is 1. The maximum absolute atomic E-state index is 14.9. The summed E-state index contributed by atoms with van der Waals surface area (Å²) < 4.78 is 35.4. The van der Waals surface area contributed by atoms with Crippen molar-refractivity contribution >= 4 is 56.4 Å². The second-order valence-electron chi connectivity index (χ2n) is 12.7. The number of anilines is 1. The molecule has 1 fully saturated rings. The Balaban J connectivity index is 1.63. The molecule has 1 aliphatic rings. The molecule has 0 radical (unpaired) electrons. The molecule has 52 heavy (non-hydrogen) atoms. The molecule has 274 valence electrons. The number of nitrogens with zero attached hydrogens (tertiary/aromatic N) is 3. The summed E-state index contributed by atoms with van der Waals surface area (Å²) in [4.78, 5) is 41.3. The summed E-state index contributed by atoms with van der Waals surface area (Å²) in [6, 6.07) is 22.8. The molecule has 0 aromatic heterocycles. The Morgan fingerprint density at radius 3 is 2.25 bits per heavy atom. The fraction of sp³-hybridized carbons (Fsp3) is 0.316. The Kier molecular flexibility index (Phi) is 12.8. The van der Waals surface area contributed by atoms with Gasteiger partial charge in [0.1, 0.15) is 18.3 Å². The van der Waals surface area contributed by atoms with E-state index in [2.05, 4.69) is 5.32 Å². The van der Waals surface area contributed by atoms with Crippen molar-refractivity contribution in [1.29, 1.82) is 0 Å². The van der Waals surface area contributed by atoms with E-state index in [4.69, 9.17) is 27.9 Å². The number of hydrogen-bond acceptors (Lipinski definition) is 7. The van der Waals surface area contributed by atoms with Crippen molar-refractivity contribution in [1.82, 2.24) is 10.2 Å². The maximum atomic E-state index is 14.9. The number of nitro groups is 1. The van der Waals surface area contributed by atoms with Gasteiger partial charge in [-0.15, -0.1) is 0 Å². The minimum Gasteiger partial charge on any atom is -0.495 e. The van der Waals surface area contributed by atoms with Crippen LogP contribution >= 0.6 is 23.2 Å². The smallest absolute Gasteiger partial charge is 0.273 e. The van der Waals surface area contributed by atoms with Gasteiger partial charge in [0.15, 0.2) is 0 Å². The Bertz CT molecular complexity index is 2010. The molecule has 0 spiro atoms. The van der Waals surface area contributed by atoms with Gasteiger partial charge < -0.3 is 15.0 Å². The van der Waals surface area contributed by atoms with Crippen molar-refractivity contribution < 1.29 is 27.7 Å². The zero-order valence-corrected chi connectivity index (χ0v) is 31.2. The van der Waals surface area contributed by atoms with Crippen LogP contribution in [-0.2, 0) is 32.6 Å². The molecule has 0 heterocycles. The molecule has 0 saturated heterocycles. The topological polar surface area (TPSA) is 139 Å². The molecule has 0 unspecified atom stereocenters. The van der Waals surface area contributed by atoms with E-state index in [1.54, 1.807) is 24.3 Å². The van der Waals surface area contributed by atoms with Gasteiger partial charge in [0.05, 0.1) is 22.6 Å². The zero-order valence-electron chi connectivity index (χ0n) is 28.8. The molecule has 4 aromatic rings. The first-order chi connectivity index (χ1) is 24.9. The summed E-state index contributed by atoms with van der Waals surface area (Å²) in [6.07, 6.45) is 4.83. The third-order valence-electron chi connectivity index (χ3n) is 9.14. The molecule has 14 heteroatoms. The van der Waals surface area contributed by atoms with Crippen LogP contribution in [0.3, 0.4) is 0 Å². The van der Waals surface area contributed by atoms with Gasteiger partial charge >= 0.3 is 0 Å². The first-order valence-corrected chi connectivity index (χ1v) is 19.1. The molecule has 1 aliphatic carbocycles. The number of hydrogen-bond donors (Lipinski definition) is 1. The van der Waals surface area contributed by atoms with Crippen molar-refractivity contribution in [2.75, 3.05) is 18.0 Å². The van der Waals surface area contributed by atoms with E-state index in [1.807, 2.05) is 30.3 Å². The highest BCUT2D eigenvalue weighted by molar-refractivity contribution is 7.92. The highest BCUT2D eigenvalue weighted by Gasteiger charge is 2.37. The van der Waals surface area contributed by atoms with Crippen LogP contribution in [0.5, 0.6) is 5.75 Å². The summed E-state index contributed by atoms with van der Waals surface area (Å²) >= 11 is 12.6. The molecule has 1 N–H and O–H groups in total. The van der Waals surface area contributed by atoms with Gasteiger partial charge in [0.25, 0.3) is 15.7 Å². The Morgan fingerprint density at radius 1 is 0.923 bits per heavy atom. The summed E-state index contributed by atoms with van der Waals surface area (Å²) in [5, 5.41) is 15.6. The van der Waals surface area contributed by atoms with E-state index < -0.39 is 44.0 Å². The maximum Gasteiger partial charge on any atom is 0.273 e. The molecule has 0 bridgehead atoms. The zero-order chi connectivity index (χ0) is 37.4. The summed E-state index contributed by atoms with van der Waals surface area (Å²) in [7, 11) is -3.34. The second-order valence-corrected chi connectivity index (χ2v) is 15.5. The fourth-order valence-corrected chi connectivity index (χ4v) is 8.06. The number of sulfonamides is 1. The molecule has 4 aromatic carbocycles. The van der Waals surface area contributed by atoms with E-state index in [9.17, 15) is 28.1 Å². The number of nitro benzene ring substituents is 1. The highest BCUT2D eigenvalue weighted by atomic mass is 35.5. The Morgan fingerprint density at radius 2 is 1.60 bits per heavy atom. The summed E-state index contributed by atoms with van der Waals surface area (Å²) in [6.45, 7) is 0.647. The third kappa shape index (κ3) is 9.41. The average Bonchev–Trinajstić information content (AvgIpc) is 3.13. The van der Waals surface area contributed by atoms with Crippen LogP contribution in [0.15, 0.2) is 95.9 Å². The summed E-state index contributed by atoms with van der Waals surface area (Å²) in [5.74, 6) is -0.980. The standard InChI is InChI=1S/C38H40Cl2N4O7S/c1-26-13-19-32(23-33(26)44(47)48)52(49,50)43(34-22-30(40)18-20-36(34)51-2)25-37(45)42(24-28-14-16-29(39)17-15-28)35(21-27-9-5-3-6-10-27)38(46)41-31-11-7-4-8-12-31/h3,5-6,9-10,13-20,22-23,31,35H,4,7-8,11-12,21,24-25H2,1-2H3,(H,41,46)/t35-/m0/s1. The lowest BCUT2D eigenvalue weighted by atomic mass is 9.94. The number of benzene rings is 4. The van der Waals surface area contributed by atoms with Crippen LogP contribution in [0.2, 0.25) is 10.0 Å². The van der Waals surface area contributed by atoms with Crippen molar-refractivity contribution in [2.45, 2.75) is 69.0 Å². The van der Waals surface area contributed by atoms with E-state index in [0.29, 0.717) is 10.6 Å². The van der Waals surface area contributed by atoms with Crippen molar-refractivity contribution in [3.8, 4) is 5.75 Å². The SMILES string of the molecule is COc1ccc(Cl)cc1N(CC(=O)N(Cc1ccc(Cl)cc1)[C@@H](Cc1ccccc1)C(=O)NC1CCCCC1)S(=O)(=O)c1ccc(C)c([N+](=O)[O-])c1. The van der Waals surface area contributed by atoms with Gasteiger partial charge in [-0.1, -0.05) is 91.0 Å². The van der Waals surface area contributed by atoms with Crippen molar-refractivity contribution in [2.24, 2.45) is 0 Å². The number of carbonyl (C=O) groups excluding carboxylic acids is 2. The molecular formula is C38H40Cl2N4O7S. The number of rotatable bonds is 14. The van der Waals surface area contributed by atoms with Crippen molar-refractivity contribution in [3.63, 3.8) is 0 Å². The van der Waals surface area contributed by atoms with E-state index >= 15 is 0 Å². The van der Waals surface area contributed by atoms with Crippen LogP contribution in [0.4, 0.5) is 11.4 Å². The second kappa shape index (κ2) is 17.2. The fourth-order valence-electron chi connectivity index (χ4n) is 6.33. The summed E-state index contributed by atoms with van der Waals surface area (Å²) in [5.41, 5.74) is 1.24. The van der Waals surface area contributed by atoms with Crippen LogP contribution in [0.25, 0.3) is 0 Å². The Hall–Kier alpha value is -4.65. The van der Waals surface area contributed by atoms with Gasteiger partial charge in [-0.2, -0.15) is 0 Å². The van der Waals surface area contributed by atoms with Crippen LogP contribution < -0.4 is 14.4 Å². The van der Waals surface area contributed by atoms with E-state index in [-0.39, 0.29) is 46.9 Å². The lowest BCUT2D eigenvalue weighted by molar-refractivity contribution is -0.385. The minimum absolute atomic E-state index is 0.0534. The third-order valence-corrected chi connectivity index (χ3v) is 11.4. The molecule has 11 nitrogen and oxygen atoms in total. The van der Waals surface area contributed by atoms with Gasteiger partial charge in [0.2, 0.25) is 11.8 Å². The van der Waals surface area contributed by atoms with Gasteiger partial charge in [0, 0.05) is 40.7 Å². The predicted molar refractivity (Wildman–Crippen MR) is 201 cm³/mol. The largest absolute Gasteiger partial charge is 0.495 e. The minimum atomic E-state index is -4.69. The first-order valence-electron chi connectivity index (χ1n) is 16.9. The molecule has 1 atom stereocenters. The number of ether oxygens (including phenoxy) is 1. The number of carbonyl (C=O) groups is 2.